The Morgan fingerprint density at radius 3 is 2.72 bits per heavy atom. The van der Waals surface area contributed by atoms with Crippen molar-refractivity contribution >= 4 is 34.8 Å². The average molecular weight is 420 g/mol. The fourth-order valence-electron chi connectivity index (χ4n) is 2.33. The molecule has 0 aromatic carbocycles. The van der Waals surface area contributed by atoms with E-state index >= 15 is 0 Å². The van der Waals surface area contributed by atoms with Crippen molar-refractivity contribution in [2.24, 2.45) is 0 Å². The number of pyridine rings is 1. The summed E-state index contributed by atoms with van der Waals surface area (Å²) in [5, 5.41) is 7.34. The highest BCUT2D eigenvalue weighted by Crippen LogP contribution is 2.31. The van der Waals surface area contributed by atoms with E-state index in [4.69, 9.17) is 4.74 Å². The number of hydrogen-bond donors (Lipinski definition) is 2. The number of halogens is 2. The molecule has 3 heterocycles. The summed E-state index contributed by atoms with van der Waals surface area (Å²) >= 11 is 1.30. The molecule has 152 valence electrons. The summed E-state index contributed by atoms with van der Waals surface area (Å²) < 4.78 is 37.3. The number of nitrogens with one attached hydrogen (secondary N) is 2. The molecule has 0 spiro atoms. The van der Waals surface area contributed by atoms with Gasteiger partial charge in [-0.1, -0.05) is 0 Å². The van der Waals surface area contributed by atoms with Crippen LogP contribution in [0.5, 0.6) is 5.75 Å². The van der Waals surface area contributed by atoms with Gasteiger partial charge in [0, 0.05) is 37.1 Å². The zero-order valence-electron chi connectivity index (χ0n) is 15.9. The Morgan fingerprint density at radius 1 is 1.28 bits per heavy atom. The van der Waals surface area contributed by atoms with Crippen LogP contribution in [0.1, 0.15) is 31.1 Å². The number of carbonyl (C=O) groups excluding carboxylic acids is 1. The van der Waals surface area contributed by atoms with Crippen LogP contribution in [0.3, 0.4) is 0 Å². The molecule has 0 fully saturated rings. The average Bonchev–Trinajstić information content (AvgIpc) is 3.13. The Labute approximate surface area is 169 Å². The molecule has 0 aliphatic carbocycles. The predicted octanol–water partition coefficient (Wildman–Crippen LogP) is 4.03. The fourth-order valence-corrected chi connectivity index (χ4v) is 2.86. The first-order valence-electron chi connectivity index (χ1n) is 8.51. The lowest BCUT2D eigenvalue weighted by atomic mass is 10.3. The number of aromatic nitrogens is 4. The zero-order valence-corrected chi connectivity index (χ0v) is 16.7. The van der Waals surface area contributed by atoms with Gasteiger partial charge in [0.25, 0.3) is 0 Å². The van der Waals surface area contributed by atoms with E-state index in [1.165, 1.54) is 36.8 Å². The van der Waals surface area contributed by atoms with Gasteiger partial charge in [0.1, 0.15) is 18.2 Å². The molecule has 1 amide bonds. The molecule has 0 unspecified atom stereocenters. The van der Waals surface area contributed by atoms with Gasteiger partial charge in [-0.3, -0.25) is 4.79 Å². The van der Waals surface area contributed by atoms with Crippen molar-refractivity contribution in [3.05, 3.63) is 47.0 Å². The molecule has 2 N–H and O–H groups in total. The Bertz CT molecular complexity index is 1010. The third-order valence-corrected chi connectivity index (χ3v) is 4.15. The molecule has 11 heteroatoms. The van der Waals surface area contributed by atoms with E-state index in [0.717, 1.165) is 12.6 Å². The molecule has 0 radical (unpaired) electrons. The number of aryl methyl sites for hydroxylation is 1. The number of ether oxygens (including phenoxy) is 1. The van der Waals surface area contributed by atoms with Gasteiger partial charge in [-0.05, 0) is 24.5 Å². The Morgan fingerprint density at radius 2 is 2.07 bits per heavy atom. The first kappa shape index (κ1) is 20.5. The second-order valence-corrected chi connectivity index (χ2v) is 6.92. The van der Waals surface area contributed by atoms with Crippen molar-refractivity contribution in [1.82, 2.24) is 19.3 Å². The molecule has 0 aliphatic heterocycles. The number of anilines is 3. The van der Waals surface area contributed by atoms with E-state index in [2.05, 4.69) is 30.0 Å². The normalized spacial score (nSPS) is 11.2. The van der Waals surface area contributed by atoms with Crippen LogP contribution in [-0.2, 0) is 17.3 Å². The Hall–Kier alpha value is -3.21. The number of hydrogen-bond acceptors (Lipinski definition) is 8. The van der Waals surface area contributed by atoms with Crippen molar-refractivity contribution in [2.45, 2.75) is 33.3 Å². The molecule has 3 rings (SSSR count). The van der Waals surface area contributed by atoms with E-state index in [-0.39, 0.29) is 24.1 Å². The SMILES string of the molecule is CC(=O)Nc1cc(Nc2cc(C)nc(C(C)(F)F)n2)c(OCc2ccsn2)cn1. The molecule has 0 saturated heterocycles. The summed E-state index contributed by atoms with van der Waals surface area (Å²) in [6, 6.07) is 4.87. The van der Waals surface area contributed by atoms with Crippen molar-refractivity contribution in [1.29, 1.82) is 0 Å². The lowest BCUT2D eigenvalue weighted by Gasteiger charge is -2.15. The second kappa shape index (κ2) is 8.43. The first-order valence-corrected chi connectivity index (χ1v) is 9.35. The monoisotopic (exact) mass is 420 g/mol. The van der Waals surface area contributed by atoms with Crippen molar-refractivity contribution in [2.75, 3.05) is 10.6 Å². The maximum Gasteiger partial charge on any atom is 0.303 e. The third kappa shape index (κ3) is 5.64. The van der Waals surface area contributed by atoms with Crippen molar-refractivity contribution in [3.8, 4) is 5.75 Å². The highest BCUT2D eigenvalue weighted by atomic mass is 32.1. The molecule has 3 aromatic heterocycles. The molecular formula is C18H18F2N6O2S. The van der Waals surface area contributed by atoms with E-state index < -0.39 is 11.7 Å². The van der Waals surface area contributed by atoms with Crippen LogP contribution < -0.4 is 15.4 Å². The maximum atomic E-state index is 13.7. The van der Waals surface area contributed by atoms with Crippen LogP contribution in [0, 0.1) is 6.92 Å². The number of rotatable bonds is 7. The predicted molar refractivity (Wildman–Crippen MR) is 105 cm³/mol. The quantitative estimate of drug-likeness (QED) is 0.595. The number of nitrogens with zero attached hydrogens (tertiary/aromatic N) is 4. The van der Waals surface area contributed by atoms with E-state index in [9.17, 15) is 13.6 Å². The third-order valence-electron chi connectivity index (χ3n) is 3.55. The minimum atomic E-state index is -3.19. The number of alkyl halides is 2. The number of amides is 1. The van der Waals surface area contributed by atoms with Gasteiger partial charge in [-0.25, -0.2) is 15.0 Å². The summed E-state index contributed by atoms with van der Waals surface area (Å²) in [5.41, 5.74) is 1.50. The Balaban J connectivity index is 1.92. The van der Waals surface area contributed by atoms with Gasteiger partial charge in [0.2, 0.25) is 11.7 Å². The smallest absolute Gasteiger partial charge is 0.303 e. The van der Waals surface area contributed by atoms with Crippen LogP contribution in [0.25, 0.3) is 0 Å². The Kier molecular flexibility index (Phi) is 5.97. The van der Waals surface area contributed by atoms with Crippen LogP contribution in [0.4, 0.5) is 26.1 Å². The summed E-state index contributed by atoms with van der Waals surface area (Å²) in [6.45, 7) is 3.87. The topological polar surface area (TPSA) is 102 Å². The van der Waals surface area contributed by atoms with Crippen LogP contribution >= 0.6 is 11.5 Å². The van der Waals surface area contributed by atoms with Crippen LogP contribution in [0.2, 0.25) is 0 Å². The summed E-state index contributed by atoms with van der Waals surface area (Å²) in [5.74, 6) is -3.31. The zero-order chi connectivity index (χ0) is 21.0. The molecule has 0 aliphatic rings. The first-order chi connectivity index (χ1) is 13.7. The van der Waals surface area contributed by atoms with Gasteiger partial charge >= 0.3 is 5.92 Å². The summed E-state index contributed by atoms with van der Waals surface area (Å²) in [4.78, 5) is 23.1. The lowest BCUT2D eigenvalue weighted by molar-refractivity contribution is -0.114. The molecule has 8 nitrogen and oxygen atoms in total. The summed E-state index contributed by atoms with van der Waals surface area (Å²) in [7, 11) is 0. The molecular weight excluding hydrogens is 402 g/mol. The van der Waals surface area contributed by atoms with Gasteiger partial charge < -0.3 is 15.4 Å². The largest absolute Gasteiger partial charge is 0.483 e. The van der Waals surface area contributed by atoms with Crippen molar-refractivity contribution < 1.29 is 18.3 Å². The highest BCUT2D eigenvalue weighted by molar-refractivity contribution is 7.03. The number of carbonyl (C=O) groups is 1. The van der Waals surface area contributed by atoms with E-state index in [1.807, 2.05) is 11.4 Å². The minimum absolute atomic E-state index is 0.160. The van der Waals surface area contributed by atoms with Gasteiger partial charge in [0.15, 0.2) is 5.75 Å². The lowest BCUT2D eigenvalue weighted by Crippen LogP contribution is -2.14. The second-order valence-electron chi connectivity index (χ2n) is 6.26. The molecule has 29 heavy (non-hydrogen) atoms. The fraction of sp³-hybridized carbons (Fsp3) is 0.278. The molecule has 0 atom stereocenters. The van der Waals surface area contributed by atoms with Crippen molar-refractivity contribution in [3.63, 3.8) is 0 Å². The van der Waals surface area contributed by atoms with Gasteiger partial charge in [-0.2, -0.15) is 13.2 Å². The highest BCUT2D eigenvalue weighted by Gasteiger charge is 2.29. The summed E-state index contributed by atoms with van der Waals surface area (Å²) in [6.07, 6.45) is 1.42. The van der Waals surface area contributed by atoms with Gasteiger partial charge in [0.05, 0.1) is 17.6 Å². The standard InChI is InChI=1S/C18H18F2N6O2S/c1-10-6-16(25-17(22-10)18(3,19)20)24-13-7-15(23-11(2)27)21-8-14(13)28-9-12-4-5-29-26-12/h4-8H,9H2,1-3H3,(H2,21,22,23,24,25,27). The van der Waals surface area contributed by atoms with Gasteiger partial charge in [-0.15, -0.1) is 0 Å². The van der Waals surface area contributed by atoms with Crippen LogP contribution in [0.15, 0.2) is 29.8 Å². The molecule has 0 bridgehead atoms. The molecule has 0 saturated carbocycles. The van der Waals surface area contributed by atoms with E-state index in [0.29, 0.717) is 17.1 Å². The minimum Gasteiger partial charge on any atom is -0.483 e. The maximum absolute atomic E-state index is 13.7. The van der Waals surface area contributed by atoms with Crippen LogP contribution in [-0.4, -0.2) is 25.2 Å². The van der Waals surface area contributed by atoms with E-state index in [1.54, 1.807) is 6.92 Å². The molecule has 3 aromatic rings.